The Morgan fingerprint density at radius 1 is 1.60 bits per heavy atom. The van der Waals surface area contributed by atoms with Gasteiger partial charge in [-0.2, -0.15) is 0 Å². The van der Waals surface area contributed by atoms with Crippen LogP contribution in [0.4, 0.5) is 0 Å². The van der Waals surface area contributed by atoms with E-state index in [2.05, 4.69) is 31.0 Å². The molecule has 54 valence electrons. The lowest BCUT2D eigenvalue weighted by Crippen LogP contribution is -1.93. The van der Waals surface area contributed by atoms with Gasteiger partial charge in [-0.15, -0.1) is 0 Å². The van der Waals surface area contributed by atoms with Crippen molar-refractivity contribution in [2.24, 2.45) is 10.9 Å². The average Bonchev–Trinajstić information content (AvgIpc) is 2.14. The van der Waals surface area contributed by atoms with Crippen molar-refractivity contribution in [1.29, 1.82) is 0 Å². The molecule has 1 aliphatic rings. The quantitative estimate of drug-likeness (QED) is 0.524. The van der Waals surface area contributed by atoms with Gasteiger partial charge in [0.15, 0.2) is 0 Å². The second kappa shape index (κ2) is 3.35. The largest absolute Gasteiger partial charge is 0.268 e. The van der Waals surface area contributed by atoms with E-state index < -0.39 is 0 Å². The molecule has 0 spiro atoms. The zero-order chi connectivity index (χ0) is 7.40. The lowest BCUT2D eigenvalue weighted by molar-refractivity contribution is 0.833. The highest BCUT2D eigenvalue weighted by atomic mass is 14.7. The Labute approximate surface area is 62.2 Å². The summed E-state index contributed by atoms with van der Waals surface area (Å²) in [6.45, 7) is 4.23. The summed E-state index contributed by atoms with van der Waals surface area (Å²) in [5, 5.41) is 0. The van der Waals surface area contributed by atoms with Crippen LogP contribution in [-0.2, 0) is 0 Å². The predicted molar refractivity (Wildman–Crippen MR) is 45.2 cm³/mol. The molecule has 1 unspecified atom stereocenters. The summed E-state index contributed by atoms with van der Waals surface area (Å²) in [6, 6.07) is 0. The first-order chi connectivity index (χ1) is 4.83. The third-order valence-corrected chi connectivity index (χ3v) is 1.63. The van der Waals surface area contributed by atoms with E-state index in [1.54, 1.807) is 0 Å². The molecule has 0 aromatic rings. The Kier molecular flexibility index (Phi) is 2.43. The lowest BCUT2D eigenvalue weighted by atomic mass is 10.1. The van der Waals surface area contributed by atoms with Gasteiger partial charge in [-0.05, 0) is 18.9 Å². The molecule has 1 heteroatoms. The number of aliphatic imine (C=N–C) groups is 1. The molecular formula is C9H13N. The predicted octanol–water partition coefficient (Wildman–Crippen LogP) is 2.56. The smallest absolute Gasteiger partial charge is 0.0293 e. The molecule has 1 heterocycles. The number of hydrogen-bond acceptors (Lipinski definition) is 1. The van der Waals surface area contributed by atoms with E-state index in [0.29, 0.717) is 5.92 Å². The molecule has 0 fully saturated rings. The zero-order valence-corrected chi connectivity index (χ0v) is 6.54. The number of rotatable bonds is 1. The normalized spacial score (nSPS) is 24.2. The maximum atomic E-state index is 4.15. The van der Waals surface area contributed by atoms with Crippen molar-refractivity contribution in [3.63, 3.8) is 0 Å². The van der Waals surface area contributed by atoms with E-state index in [1.807, 2.05) is 12.4 Å². The second-order valence-corrected chi connectivity index (χ2v) is 2.60. The van der Waals surface area contributed by atoms with Crippen LogP contribution >= 0.6 is 0 Å². The summed E-state index contributed by atoms with van der Waals surface area (Å²) in [5.74, 6) is 0.536. The number of hydrogen-bond donors (Lipinski definition) is 0. The van der Waals surface area contributed by atoms with E-state index in [-0.39, 0.29) is 0 Å². The van der Waals surface area contributed by atoms with Crippen molar-refractivity contribution < 1.29 is 0 Å². The topological polar surface area (TPSA) is 12.4 Å². The number of nitrogens with zero attached hydrogens (tertiary/aromatic N) is 1. The molecule has 1 nitrogen and oxygen atoms in total. The van der Waals surface area contributed by atoms with Gasteiger partial charge >= 0.3 is 0 Å². The average molecular weight is 135 g/mol. The van der Waals surface area contributed by atoms with Crippen molar-refractivity contribution in [1.82, 2.24) is 0 Å². The standard InChI is InChI=1S/C9H13N/c1-3-9-5-4-8(2)6-10-7-9/h4-7,9H,3H2,1-2H3. The first-order valence-electron chi connectivity index (χ1n) is 3.71. The summed E-state index contributed by atoms with van der Waals surface area (Å²) in [5.41, 5.74) is 1.23. The minimum absolute atomic E-state index is 0.536. The molecule has 1 aliphatic heterocycles. The second-order valence-electron chi connectivity index (χ2n) is 2.60. The SMILES string of the molecule is CCC1C=CC(C)=CN=C1. The van der Waals surface area contributed by atoms with Gasteiger partial charge in [0, 0.05) is 18.3 Å². The minimum atomic E-state index is 0.536. The highest BCUT2D eigenvalue weighted by Crippen LogP contribution is 2.08. The Morgan fingerprint density at radius 2 is 2.40 bits per heavy atom. The molecule has 0 aromatic heterocycles. The molecule has 0 saturated carbocycles. The van der Waals surface area contributed by atoms with Crippen LogP contribution < -0.4 is 0 Å². The Bertz CT molecular complexity index is 187. The van der Waals surface area contributed by atoms with E-state index in [9.17, 15) is 0 Å². The van der Waals surface area contributed by atoms with E-state index >= 15 is 0 Å². The van der Waals surface area contributed by atoms with Crippen LogP contribution in [0.1, 0.15) is 20.3 Å². The molecule has 0 radical (unpaired) electrons. The summed E-state index contributed by atoms with van der Waals surface area (Å²) < 4.78 is 0. The van der Waals surface area contributed by atoms with E-state index in [0.717, 1.165) is 6.42 Å². The summed E-state index contributed by atoms with van der Waals surface area (Å²) in [7, 11) is 0. The van der Waals surface area contributed by atoms with Gasteiger partial charge in [-0.1, -0.05) is 19.1 Å². The zero-order valence-electron chi connectivity index (χ0n) is 6.54. The maximum Gasteiger partial charge on any atom is 0.0293 e. The lowest BCUT2D eigenvalue weighted by Gasteiger charge is -1.97. The van der Waals surface area contributed by atoms with Crippen molar-refractivity contribution in [2.45, 2.75) is 20.3 Å². The molecule has 0 aromatic carbocycles. The van der Waals surface area contributed by atoms with Crippen LogP contribution in [-0.4, -0.2) is 6.21 Å². The van der Waals surface area contributed by atoms with Crippen molar-refractivity contribution in [3.8, 4) is 0 Å². The van der Waals surface area contributed by atoms with Crippen LogP contribution in [0.2, 0.25) is 0 Å². The van der Waals surface area contributed by atoms with Crippen LogP contribution in [0.25, 0.3) is 0 Å². The fourth-order valence-electron chi connectivity index (χ4n) is 0.881. The molecule has 0 aliphatic carbocycles. The first-order valence-corrected chi connectivity index (χ1v) is 3.71. The van der Waals surface area contributed by atoms with Crippen molar-refractivity contribution in [3.05, 3.63) is 23.9 Å². The van der Waals surface area contributed by atoms with Gasteiger partial charge in [0.25, 0.3) is 0 Å². The van der Waals surface area contributed by atoms with E-state index in [4.69, 9.17) is 0 Å². The molecule has 0 amide bonds. The summed E-state index contributed by atoms with van der Waals surface area (Å²) >= 11 is 0. The molecule has 0 saturated heterocycles. The van der Waals surface area contributed by atoms with Gasteiger partial charge < -0.3 is 0 Å². The molecule has 1 atom stereocenters. The summed E-state index contributed by atoms with van der Waals surface area (Å²) in [4.78, 5) is 4.15. The first kappa shape index (κ1) is 7.26. The van der Waals surface area contributed by atoms with Crippen LogP contribution in [0.5, 0.6) is 0 Å². The van der Waals surface area contributed by atoms with Crippen LogP contribution in [0.3, 0.4) is 0 Å². The van der Waals surface area contributed by atoms with E-state index in [1.165, 1.54) is 5.57 Å². The minimum Gasteiger partial charge on any atom is -0.268 e. The van der Waals surface area contributed by atoms with Crippen LogP contribution in [0.15, 0.2) is 28.9 Å². The molecule has 0 N–H and O–H groups in total. The van der Waals surface area contributed by atoms with Gasteiger partial charge in [0.05, 0.1) is 0 Å². The molecule has 0 bridgehead atoms. The summed E-state index contributed by atoms with van der Waals surface area (Å²) in [6.07, 6.45) is 9.35. The van der Waals surface area contributed by atoms with Crippen LogP contribution in [0, 0.1) is 5.92 Å². The Balaban J connectivity index is 2.68. The van der Waals surface area contributed by atoms with Gasteiger partial charge in [0.1, 0.15) is 0 Å². The fourth-order valence-corrected chi connectivity index (χ4v) is 0.881. The number of allylic oxidation sites excluding steroid dienone is 3. The van der Waals surface area contributed by atoms with Crippen molar-refractivity contribution in [2.75, 3.05) is 0 Å². The van der Waals surface area contributed by atoms with Gasteiger partial charge in [0.2, 0.25) is 0 Å². The third kappa shape index (κ3) is 1.83. The monoisotopic (exact) mass is 135 g/mol. The third-order valence-electron chi connectivity index (χ3n) is 1.63. The highest BCUT2D eigenvalue weighted by molar-refractivity contribution is 5.65. The Hall–Kier alpha value is -0.850. The van der Waals surface area contributed by atoms with Gasteiger partial charge in [-0.25, -0.2) is 0 Å². The fraction of sp³-hybridized carbons (Fsp3) is 0.444. The Morgan fingerprint density at radius 3 is 3.10 bits per heavy atom. The highest BCUT2D eigenvalue weighted by Gasteiger charge is 1.97. The molecular weight excluding hydrogens is 122 g/mol. The van der Waals surface area contributed by atoms with Gasteiger partial charge in [-0.3, -0.25) is 4.99 Å². The van der Waals surface area contributed by atoms with Crippen molar-refractivity contribution >= 4 is 6.21 Å². The molecule has 1 rings (SSSR count). The molecule has 10 heavy (non-hydrogen) atoms. The maximum absolute atomic E-state index is 4.15.